The minimum atomic E-state index is -0.323. The molecular formula is C24H27N3O2. The van der Waals surface area contributed by atoms with Crippen molar-refractivity contribution in [3.63, 3.8) is 0 Å². The SMILES string of the molecule is CCn1c2ccccc2c2cc(/C=C/C(=O)N3C[C@H](C(N)=O)CC[C@@H]3C)ccc21. The molecule has 0 radical (unpaired) electrons. The molecule has 0 bridgehead atoms. The molecule has 0 saturated carbocycles. The number of aryl methyl sites for hydroxylation is 1. The van der Waals surface area contributed by atoms with Crippen LogP contribution in [0.25, 0.3) is 27.9 Å². The predicted octanol–water partition coefficient (Wildman–Crippen LogP) is 3.94. The minimum absolute atomic E-state index is 0.0699. The van der Waals surface area contributed by atoms with Gasteiger partial charge in [-0.25, -0.2) is 0 Å². The predicted molar refractivity (Wildman–Crippen MR) is 117 cm³/mol. The zero-order valence-corrected chi connectivity index (χ0v) is 17.0. The summed E-state index contributed by atoms with van der Waals surface area (Å²) in [7, 11) is 0. The molecule has 2 atom stereocenters. The van der Waals surface area contributed by atoms with Gasteiger partial charge in [-0.05, 0) is 56.5 Å². The van der Waals surface area contributed by atoms with Crippen LogP contribution in [-0.2, 0) is 16.1 Å². The van der Waals surface area contributed by atoms with Crippen LogP contribution in [0.1, 0.15) is 32.3 Å². The Morgan fingerprint density at radius 2 is 1.86 bits per heavy atom. The van der Waals surface area contributed by atoms with Gasteiger partial charge in [-0.2, -0.15) is 0 Å². The van der Waals surface area contributed by atoms with Crippen molar-refractivity contribution in [2.45, 2.75) is 39.3 Å². The topological polar surface area (TPSA) is 68.3 Å². The fraction of sp³-hybridized carbons (Fsp3) is 0.333. The quantitative estimate of drug-likeness (QED) is 0.687. The Labute approximate surface area is 170 Å². The van der Waals surface area contributed by atoms with E-state index in [2.05, 4.69) is 47.9 Å². The number of fused-ring (bicyclic) bond motifs is 3. The maximum absolute atomic E-state index is 12.8. The Kier molecular flexibility index (Phi) is 5.14. The van der Waals surface area contributed by atoms with Gasteiger partial charge in [0.1, 0.15) is 0 Å². The number of nitrogens with two attached hydrogens (primary N) is 1. The largest absolute Gasteiger partial charge is 0.369 e. The molecule has 0 unspecified atom stereocenters. The molecule has 3 aromatic rings. The van der Waals surface area contributed by atoms with Crippen LogP contribution in [-0.4, -0.2) is 33.9 Å². The Bertz CT molecular complexity index is 1110. The van der Waals surface area contributed by atoms with Gasteiger partial charge < -0.3 is 15.2 Å². The zero-order chi connectivity index (χ0) is 20.5. The number of primary amides is 1. The summed E-state index contributed by atoms with van der Waals surface area (Å²) < 4.78 is 2.31. The summed E-state index contributed by atoms with van der Waals surface area (Å²) >= 11 is 0. The summed E-state index contributed by atoms with van der Waals surface area (Å²) in [6, 6.07) is 14.8. The second-order valence-electron chi connectivity index (χ2n) is 7.89. The Morgan fingerprint density at radius 1 is 1.10 bits per heavy atom. The van der Waals surface area contributed by atoms with Crippen LogP contribution in [0.3, 0.4) is 0 Å². The molecular weight excluding hydrogens is 362 g/mol. The number of carbonyl (C=O) groups is 2. The lowest BCUT2D eigenvalue weighted by Crippen LogP contribution is -2.48. The van der Waals surface area contributed by atoms with Crippen LogP contribution < -0.4 is 5.73 Å². The van der Waals surface area contributed by atoms with E-state index < -0.39 is 0 Å². The van der Waals surface area contributed by atoms with Gasteiger partial charge in [0, 0.05) is 47.0 Å². The van der Waals surface area contributed by atoms with Crippen molar-refractivity contribution in [1.82, 2.24) is 9.47 Å². The number of hydrogen-bond donors (Lipinski definition) is 1. The summed E-state index contributed by atoms with van der Waals surface area (Å²) in [6.45, 7) is 5.49. The van der Waals surface area contributed by atoms with E-state index in [9.17, 15) is 9.59 Å². The second-order valence-corrected chi connectivity index (χ2v) is 7.89. The molecule has 2 amide bonds. The maximum Gasteiger partial charge on any atom is 0.246 e. The van der Waals surface area contributed by atoms with Crippen molar-refractivity contribution in [2.24, 2.45) is 11.7 Å². The molecule has 0 aliphatic carbocycles. The lowest BCUT2D eigenvalue weighted by atomic mass is 9.93. The average Bonchev–Trinajstić information content (AvgIpc) is 3.05. The van der Waals surface area contributed by atoms with E-state index in [0.717, 1.165) is 24.9 Å². The summed E-state index contributed by atoms with van der Waals surface area (Å²) in [5.41, 5.74) is 8.87. The standard InChI is InChI=1S/C24H27N3O2/c1-3-26-21-7-5-4-6-19(21)20-14-17(9-12-22(20)26)10-13-23(28)27-15-18(24(25)29)11-8-16(27)2/h4-7,9-10,12-14,16,18H,3,8,11,15H2,1-2H3,(H2,25,29)/b13-10+/t16-,18+/m0/s1. The molecule has 5 heteroatoms. The number of hydrogen-bond acceptors (Lipinski definition) is 2. The van der Waals surface area contributed by atoms with Crippen LogP contribution in [0.15, 0.2) is 48.5 Å². The monoisotopic (exact) mass is 389 g/mol. The number of piperidine rings is 1. The fourth-order valence-corrected chi connectivity index (χ4v) is 4.43. The van der Waals surface area contributed by atoms with Gasteiger partial charge in [0.15, 0.2) is 0 Å². The smallest absolute Gasteiger partial charge is 0.246 e. The Hall–Kier alpha value is -3.08. The van der Waals surface area contributed by atoms with Crippen molar-refractivity contribution < 1.29 is 9.59 Å². The van der Waals surface area contributed by atoms with Gasteiger partial charge in [-0.1, -0.05) is 24.3 Å². The Balaban J connectivity index is 1.62. The zero-order valence-electron chi connectivity index (χ0n) is 17.0. The number of nitrogens with zero attached hydrogens (tertiary/aromatic N) is 2. The number of carbonyl (C=O) groups excluding carboxylic acids is 2. The number of para-hydroxylation sites is 1. The summed E-state index contributed by atoms with van der Waals surface area (Å²) in [5.74, 6) is -0.643. The van der Waals surface area contributed by atoms with E-state index in [4.69, 9.17) is 5.73 Å². The van der Waals surface area contributed by atoms with Crippen LogP contribution in [0.4, 0.5) is 0 Å². The first-order valence-electron chi connectivity index (χ1n) is 10.3. The maximum atomic E-state index is 12.8. The lowest BCUT2D eigenvalue weighted by Gasteiger charge is -2.36. The van der Waals surface area contributed by atoms with Crippen molar-refractivity contribution >= 4 is 39.7 Å². The summed E-state index contributed by atoms with van der Waals surface area (Å²) in [5, 5.41) is 2.41. The normalized spacial score (nSPS) is 20.0. The third kappa shape index (κ3) is 3.53. The van der Waals surface area contributed by atoms with Gasteiger partial charge in [0.2, 0.25) is 11.8 Å². The summed E-state index contributed by atoms with van der Waals surface area (Å²) in [4.78, 5) is 26.1. The number of benzene rings is 2. The molecule has 1 aliphatic heterocycles. The number of amides is 2. The lowest BCUT2D eigenvalue weighted by molar-refractivity contribution is -0.133. The fourth-order valence-electron chi connectivity index (χ4n) is 4.43. The van der Waals surface area contributed by atoms with Crippen molar-refractivity contribution in [2.75, 3.05) is 6.54 Å². The highest BCUT2D eigenvalue weighted by atomic mass is 16.2. The highest BCUT2D eigenvalue weighted by Crippen LogP contribution is 2.30. The van der Waals surface area contributed by atoms with Gasteiger partial charge in [0.25, 0.3) is 0 Å². The molecule has 2 aromatic carbocycles. The molecule has 2 N–H and O–H groups in total. The van der Waals surface area contributed by atoms with E-state index in [1.54, 1.807) is 11.0 Å². The van der Waals surface area contributed by atoms with E-state index in [-0.39, 0.29) is 23.8 Å². The third-order valence-electron chi connectivity index (χ3n) is 6.10. The average molecular weight is 389 g/mol. The molecule has 2 heterocycles. The highest BCUT2D eigenvalue weighted by molar-refractivity contribution is 6.08. The minimum Gasteiger partial charge on any atom is -0.369 e. The van der Waals surface area contributed by atoms with E-state index in [1.165, 1.54) is 21.8 Å². The molecule has 1 fully saturated rings. The molecule has 1 saturated heterocycles. The molecule has 0 spiro atoms. The first-order chi connectivity index (χ1) is 14.0. The van der Waals surface area contributed by atoms with Gasteiger partial charge in [0.05, 0.1) is 5.92 Å². The second kappa shape index (κ2) is 7.74. The summed E-state index contributed by atoms with van der Waals surface area (Å²) in [6.07, 6.45) is 5.03. The molecule has 1 aromatic heterocycles. The van der Waals surface area contributed by atoms with Crippen molar-refractivity contribution in [3.8, 4) is 0 Å². The van der Waals surface area contributed by atoms with Crippen LogP contribution in [0.2, 0.25) is 0 Å². The molecule has 1 aliphatic rings. The molecule has 150 valence electrons. The van der Waals surface area contributed by atoms with E-state index >= 15 is 0 Å². The number of rotatable bonds is 4. The van der Waals surface area contributed by atoms with E-state index in [0.29, 0.717) is 6.54 Å². The van der Waals surface area contributed by atoms with E-state index in [1.807, 2.05) is 19.1 Å². The molecule has 4 rings (SSSR count). The highest BCUT2D eigenvalue weighted by Gasteiger charge is 2.30. The van der Waals surface area contributed by atoms with Crippen molar-refractivity contribution in [3.05, 3.63) is 54.1 Å². The van der Waals surface area contributed by atoms with Crippen LogP contribution in [0.5, 0.6) is 0 Å². The van der Waals surface area contributed by atoms with Gasteiger partial charge in [-0.15, -0.1) is 0 Å². The Morgan fingerprint density at radius 3 is 2.62 bits per heavy atom. The number of likely N-dealkylation sites (tertiary alicyclic amines) is 1. The molecule has 29 heavy (non-hydrogen) atoms. The van der Waals surface area contributed by atoms with Crippen LogP contribution >= 0.6 is 0 Å². The van der Waals surface area contributed by atoms with Crippen molar-refractivity contribution in [1.29, 1.82) is 0 Å². The van der Waals surface area contributed by atoms with Crippen LogP contribution in [0, 0.1) is 5.92 Å². The first-order valence-corrected chi connectivity index (χ1v) is 10.3. The van der Waals surface area contributed by atoms with Gasteiger partial charge >= 0.3 is 0 Å². The molecule has 5 nitrogen and oxygen atoms in total. The van der Waals surface area contributed by atoms with Gasteiger partial charge in [-0.3, -0.25) is 9.59 Å². The number of aromatic nitrogens is 1. The third-order valence-corrected chi connectivity index (χ3v) is 6.10. The first kappa shape index (κ1) is 19.2.